The van der Waals surface area contributed by atoms with E-state index in [1.807, 2.05) is 0 Å². The van der Waals surface area contributed by atoms with Crippen molar-refractivity contribution in [2.24, 2.45) is 0 Å². The quantitative estimate of drug-likeness (QED) is 0.495. The van der Waals surface area contributed by atoms with Crippen LogP contribution >= 0.6 is 0 Å². The monoisotopic (exact) mass is 290 g/mol. The molecule has 0 aromatic rings. The Morgan fingerprint density at radius 3 is 1.12 bits per heavy atom. The molecular weight excluding hydrogens is 276 g/mol. The van der Waals surface area contributed by atoms with Crippen molar-refractivity contribution in [1.29, 1.82) is 0 Å². The van der Waals surface area contributed by atoms with E-state index in [-0.39, 0.29) is 32.7 Å². The molecule has 17 heavy (non-hydrogen) atoms. The second-order valence-corrected chi connectivity index (χ2v) is 2.19. The number of carbonyl (C=O) groups excluding carboxylic acids is 2. The Balaban J connectivity index is -0.0000000480. The van der Waals surface area contributed by atoms with Gasteiger partial charge >= 0.3 is 33.7 Å². The van der Waals surface area contributed by atoms with E-state index < -0.39 is 24.1 Å². The third-order valence-electron chi connectivity index (χ3n) is 0.883. The van der Waals surface area contributed by atoms with Gasteiger partial charge in [-0.15, -0.1) is 0 Å². The number of hydrogen-bond donors (Lipinski definition) is 2. The topological polar surface area (TPSA) is 201 Å². The van der Waals surface area contributed by atoms with Gasteiger partial charge in [0.05, 0.1) is 0 Å². The van der Waals surface area contributed by atoms with Crippen molar-refractivity contribution in [1.82, 2.24) is 0 Å². The minimum Gasteiger partial charge on any atom is -0.870 e. The molecular formula is C6H14N2O8Ti. The summed E-state index contributed by atoms with van der Waals surface area (Å²) in [5.41, 5.74) is 0. The molecule has 0 aliphatic heterocycles. The van der Waals surface area contributed by atoms with Gasteiger partial charge in [0, 0.05) is 0 Å². The van der Waals surface area contributed by atoms with Gasteiger partial charge in [0.25, 0.3) is 0 Å². The first kappa shape index (κ1) is 29.9. The molecule has 0 aliphatic rings. The van der Waals surface area contributed by atoms with Gasteiger partial charge in [-0.25, -0.2) is 0 Å². The molecule has 0 aromatic heterocycles. The van der Waals surface area contributed by atoms with Crippen LogP contribution < -0.4 is 0 Å². The largest absolute Gasteiger partial charge is 4.00 e. The first-order chi connectivity index (χ1) is 6.36. The van der Waals surface area contributed by atoms with Gasteiger partial charge in [-0.05, 0) is 13.8 Å². The third kappa shape index (κ3) is 21.3. The van der Waals surface area contributed by atoms with E-state index >= 15 is 0 Å². The van der Waals surface area contributed by atoms with Crippen molar-refractivity contribution in [3.05, 3.63) is 11.8 Å². The van der Waals surface area contributed by atoms with Crippen molar-refractivity contribution in [3.63, 3.8) is 0 Å². The molecule has 11 heteroatoms. The Morgan fingerprint density at radius 1 is 0.941 bits per heavy atom. The molecule has 0 rings (SSSR count). The summed E-state index contributed by atoms with van der Waals surface area (Å²) in [6, 6.07) is 0. The molecule has 0 saturated carbocycles. The number of hydrogen-bond acceptors (Lipinski definition) is 8. The van der Waals surface area contributed by atoms with E-state index in [1.54, 1.807) is 0 Å². The van der Waals surface area contributed by atoms with Crippen LogP contribution in [0.3, 0.4) is 0 Å². The smallest absolute Gasteiger partial charge is 0.870 e. The normalized spacial score (nSPS) is 10.7. The van der Waals surface area contributed by atoms with Crippen LogP contribution in [0.2, 0.25) is 0 Å². The Labute approximate surface area is 112 Å². The number of aliphatic hydroxyl groups is 2. The molecule has 100 valence electrons. The Morgan fingerprint density at radius 2 is 1.12 bits per heavy atom. The van der Waals surface area contributed by atoms with Crippen LogP contribution in [0, 0.1) is 0 Å². The zero-order chi connectivity index (χ0) is 11.7. The molecule has 0 aliphatic carbocycles. The molecule has 10 nitrogen and oxygen atoms in total. The summed E-state index contributed by atoms with van der Waals surface area (Å²) in [6.07, 6.45) is -2.37. The van der Waals surface area contributed by atoms with E-state index in [2.05, 4.69) is 9.68 Å². The van der Waals surface area contributed by atoms with Gasteiger partial charge in [0.1, 0.15) is 12.2 Å². The SMILES string of the molecule is CC(O)C(=O)O[NH-].CC(O)C(=O)O[NH-].[OH-].[OH-].[Ti+4]. The van der Waals surface area contributed by atoms with E-state index in [0.29, 0.717) is 0 Å². The van der Waals surface area contributed by atoms with Gasteiger partial charge in [-0.1, -0.05) is 0 Å². The van der Waals surface area contributed by atoms with Crippen molar-refractivity contribution >= 4 is 11.9 Å². The summed E-state index contributed by atoms with van der Waals surface area (Å²) in [5, 5.41) is 16.5. The van der Waals surface area contributed by atoms with Crippen molar-refractivity contribution in [3.8, 4) is 0 Å². The molecule has 2 atom stereocenters. The number of aliphatic hydroxyl groups excluding tert-OH is 2. The zero-order valence-corrected chi connectivity index (χ0v) is 10.6. The number of rotatable bonds is 2. The van der Waals surface area contributed by atoms with Gasteiger partial charge in [0.15, 0.2) is 0 Å². The van der Waals surface area contributed by atoms with Crippen LogP contribution in [-0.2, 0) is 41.0 Å². The van der Waals surface area contributed by atoms with Crippen molar-refractivity contribution < 1.29 is 62.1 Å². The fourth-order valence-corrected chi connectivity index (χ4v) is 0.171. The summed E-state index contributed by atoms with van der Waals surface area (Å²) in [5.74, 6) is 10.00. The van der Waals surface area contributed by atoms with E-state index in [4.69, 9.17) is 22.0 Å². The van der Waals surface area contributed by atoms with Gasteiger partial charge in [-0.2, -0.15) is 0 Å². The molecule has 2 unspecified atom stereocenters. The summed E-state index contributed by atoms with van der Waals surface area (Å²) in [6.45, 7) is 2.47. The number of nitrogens with one attached hydrogen (secondary N) is 2. The Kier molecular flexibility index (Phi) is 31.3. The van der Waals surface area contributed by atoms with Crippen LogP contribution in [0.4, 0.5) is 0 Å². The van der Waals surface area contributed by atoms with Crippen LogP contribution in [0.1, 0.15) is 13.8 Å². The van der Waals surface area contributed by atoms with E-state index in [9.17, 15) is 9.59 Å². The fraction of sp³-hybridized carbons (Fsp3) is 0.667. The maximum absolute atomic E-state index is 9.85. The molecule has 0 spiro atoms. The second kappa shape index (κ2) is 17.8. The second-order valence-electron chi connectivity index (χ2n) is 2.19. The van der Waals surface area contributed by atoms with Crippen molar-refractivity contribution in [2.45, 2.75) is 26.1 Å². The van der Waals surface area contributed by atoms with Crippen LogP contribution in [-0.4, -0.2) is 45.3 Å². The minimum absolute atomic E-state index is 0. The van der Waals surface area contributed by atoms with E-state index in [0.717, 1.165) is 0 Å². The first-order valence-electron chi connectivity index (χ1n) is 3.47. The summed E-state index contributed by atoms with van der Waals surface area (Å²) in [4.78, 5) is 26.4. The molecule has 0 saturated heterocycles. The summed E-state index contributed by atoms with van der Waals surface area (Å²) in [7, 11) is 0. The van der Waals surface area contributed by atoms with Gasteiger partial charge in [-0.3, -0.25) is 9.59 Å². The predicted molar refractivity (Wildman–Crippen MR) is 48.1 cm³/mol. The van der Waals surface area contributed by atoms with Gasteiger partial charge < -0.3 is 42.6 Å². The number of carbonyl (C=O) groups is 2. The molecule has 6 N–H and O–H groups in total. The van der Waals surface area contributed by atoms with E-state index in [1.165, 1.54) is 13.8 Å². The van der Waals surface area contributed by atoms with Crippen LogP contribution in [0.5, 0.6) is 0 Å². The first-order valence-corrected chi connectivity index (χ1v) is 3.47. The van der Waals surface area contributed by atoms with Crippen LogP contribution in [0.25, 0.3) is 11.8 Å². The Bertz CT molecular complexity index is 169. The summed E-state index contributed by atoms with van der Waals surface area (Å²) < 4.78 is 0. The Hall–Kier alpha value is -0.586. The fourth-order valence-electron chi connectivity index (χ4n) is 0.171. The molecule has 0 aromatic carbocycles. The molecule has 0 fully saturated rings. The molecule has 0 heterocycles. The van der Waals surface area contributed by atoms with Crippen molar-refractivity contribution in [2.75, 3.05) is 0 Å². The average molecular weight is 290 g/mol. The summed E-state index contributed by atoms with van der Waals surface area (Å²) >= 11 is 0. The zero-order valence-electron chi connectivity index (χ0n) is 9.08. The molecule has 0 amide bonds. The average Bonchev–Trinajstić information content (AvgIpc) is 2.15. The van der Waals surface area contributed by atoms with Gasteiger partial charge in [0.2, 0.25) is 0 Å². The van der Waals surface area contributed by atoms with Crippen LogP contribution in [0.15, 0.2) is 0 Å². The maximum Gasteiger partial charge on any atom is 4.00 e. The predicted octanol–water partition coefficient (Wildman–Crippen LogP) is -0.601. The molecule has 0 bridgehead atoms. The third-order valence-corrected chi connectivity index (χ3v) is 0.883. The standard InChI is InChI=1S/2C3H6NO3.2H2O.Ti/c2*1-2(5)3(6)7-4;;;/h2*2,4-5H,1H3;2*1H2;/q2*-1;;;+4/p-2. The maximum atomic E-state index is 9.85. The molecule has 0 radical (unpaired) electrons. The minimum atomic E-state index is -1.18.